The Labute approximate surface area is 145 Å². The highest BCUT2D eigenvalue weighted by atomic mass is 35.5. The molecule has 2 amide bonds. The van der Waals surface area contributed by atoms with Gasteiger partial charge in [-0.2, -0.15) is 0 Å². The van der Waals surface area contributed by atoms with Crippen LogP contribution < -0.4 is 10.6 Å². The second-order valence-electron chi connectivity index (χ2n) is 6.13. The number of nitrogens with one attached hydrogen (secondary N) is 2. The standard InChI is InChI=1S/C18H18ClN3O2/c19-12-6-2-4-8-14(12)21-18(24)22-15-9-20-13-7-3-1-5-11(13)17(15)16(22)10-23/h1-8,15-17,20,23H,9-10H2,(H,21,24)/t15-,16+,17+/m1/s1. The smallest absolute Gasteiger partial charge is 0.322 e. The molecule has 3 N–H and O–H groups in total. The van der Waals surface area contributed by atoms with Gasteiger partial charge in [-0.1, -0.05) is 41.9 Å². The van der Waals surface area contributed by atoms with Gasteiger partial charge in [-0.3, -0.25) is 0 Å². The van der Waals surface area contributed by atoms with Crippen LogP contribution in [-0.4, -0.2) is 41.3 Å². The summed E-state index contributed by atoms with van der Waals surface area (Å²) in [5, 5.41) is 16.5. The Morgan fingerprint density at radius 1 is 1.25 bits per heavy atom. The summed E-state index contributed by atoms with van der Waals surface area (Å²) >= 11 is 6.11. The summed E-state index contributed by atoms with van der Waals surface area (Å²) in [4.78, 5) is 14.4. The highest BCUT2D eigenvalue weighted by Crippen LogP contribution is 2.46. The molecule has 0 aliphatic carbocycles. The fourth-order valence-electron chi connectivity index (χ4n) is 3.80. The van der Waals surface area contributed by atoms with E-state index in [1.807, 2.05) is 30.3 Å². The Morgan fingerprint density at radius 3 is 2.79 bits per heavy atom. The minimum Gasteiger partial charge on any atom is -0.394 e. The highest BCUT2D eigenvalue weighted by Gasteiger charge is 2.53. The highest BCUT2D eigenvalue weighted by molar-refractivity contribution is 6.33. The second-order valence-corrected chi connectivity index (χ2v) is 6.54. The third kappa shape index (κ3) is 2.32. The maximum Gasteiger partial charge on any atom is 0.322 e. The number of carbonyl (C=O) groups is 1. The van der Waals surface area contributed by atoms with Crippen LogP contribution in [-0.2, 0) is 0 Å². The Balaban J connectivity index is 1.57. The quantitative estimate of drug-likeness (QED) is 0.785. The van der Waals surface area contributed by atoms with E-state index in [-0.39, 0.29) is 30.6 Å². The molecule has 0 saturated carbocycles. The molecule has 124 valence electrons. The zero-order valence-corrected chi connectivity index (χ0v) is 13.7. The first-order valence-corrected chi connectivity index (χ1v) is 8.36. The van der Waals surface area contributed by atoms with E-state index >= 15 is 0 Å². The summed E-state index contributed by atoms with van der Waals surface area (Å²) in [6, 6.07) is 14.8. The molecule has 0 unspecified atom stereocenters. The predicted molar refractivity (Wildman–Crippen MR) is 94.6 cm³/mol. The first-order valence-electron chi connectivity index (χ1n) is 7.98. The van der Waals surface area contributed by atoms with Crippen LogP contribution in [0.15, 0.2) is 48.5 Å². The van der Waals surface area contributed by atoms with Crippen molar-refractivity contribution in [2.24, 2.45) is 0 Å². The third-order valence-electron chi connectivity index (χ3n) is 4.90. The molecule has 5 nitrogen and oxygen atoms in total. The van der Waals surface area contributed by atoms with Crippen LogP contribution in [0, 0.1) is 0 Å². The molecule has 0 bridgehead atoms. The van der Waals surface area contributed by atoms with Gasteiger partial charge in [-0.15, -0.1) is 0 Å². The second kappa shape index (κ2) is 6.00. The summed E-state index contributed by atoms with van der Waals surface area (Å²) < 4.78 is 0. The average molecular weight is 344 g/mol. The van der Waals surface area contributed by atoms with Gasteiger partial charge in [0.15, 0.2) is 0 Å². The normalized spacial score (nSPS) is 24.2. The van der Waals surface area contributed by atoms with Gasteiger partial charge in [0, 0.05) is 18.2 Å². The predicted octanol–water partition coefficient (Wildman–Crippen LogP) is 3.13. The van der Waals surface area contributed by atoms with Gasteiger partial charge in [0.25, 0.3) is 0 Å². The SMILES string of the molecule is O=C(Nc1ccccc1Cl)N1[C@@H]2CNc3ccccc3[C@@H]2[C@@H]1CO. The Hall–Kier alpha value is -2.24. The molecule has 1 fully saturated rings. The van der Waals surface area contributed by atoms with E-state index in [4.69, 9.17) is 11.6 Å². The van der Waals surface area contributed by atoms with Crippen LogP contribution in [0.1, 0.15) is 11.5 Å². The molecule has 2 aliphatic rings. The van der Waals surface area contributed by atoms with Gasteiger partial charge in [-0.25, -0.2) is 4.79 Å². The largest absolute Gasteiger partial charge is 0.394 e. The molecule has 1 saturated heterocycles. The number of nitrogens with zero attached hydrogens (tertiary/aromatic N) is 1. The number of likely N-dealkylation sites (tertiary alicyclic amines) is 1. The fraction of sp³-hybridized carbons (Fsp3) is 0.278. The van der Waals surface area contributed by atoms with Crippen LogP contribution >= 0.6 is 11.6 Å². The number of carbonyl (C=O) groups excluding carboxylic acids is 1. The van der Waals surface area contributed by atoms with Crippen molar-refractivity contribution in [1.29, 1.82) is 0 Å². The molecule has 6 heteroatoms. The molecule has 0 spiro atoms. The van der Waals surface area contributed by atoms with E-state index < -0.39 is 0 Å². The van der Waals surface area contributed by atoms with Crippen molar-refractivity contribution >= 4 is 29.0 Å². The van der Waals surface area contributed by atoms with Crippen molar-refractivity contribution in [1.82, 2.24) is 4.90 Å². The minimum atomic E-state index is -0.232. The number of hydrogen-bond acceptors (Lipinski definition) is 3. The van der Waals surface area contributed by atoms with E-state index in [2.05, 4.69) is 16.7 Å². The number of anilines is 2. The zero-order valence-electron chi connectivity index (χ0n) is 12.9. The number of fused-ring (bicyclic) bond motifs is 3. The van der Waals surface area contributed by atoms with E-state index in [0.29, 0.717) is 17.3 Å². The molecule has 2 heterocycles. The molecule has 0 aromatic heterocycles. The van der Waals surface area contributed by atoms with Gasteiger partial charge in [0.1, 0.15) is 0 Å². The molecule has 2 aromatic rings. The average Bonchev–Trinajstić information content (AvgIpc) is 2.57. The van der Waals surface area contributed by atoms with Crippen molar-refractivity contribution in [3.63, 3.8) is 0 Å². The molecule has 2 aromatic carbocycles. The van der Waals surface area contributed by atoms with Gasteiger partial charge in [0.2, 0.25) is 0 Å². The molecular formula is C18H18ClN3O2. The van der Waals surface area contributed by atoms with Gasteiger partial charge >= 0.3 is 6.03 Å². The number of amides is 2. The molecular weight excluding hydrogens is 326 g/mol. The number of hydrogen-bond donors (Lipinski definition) is 3. The van der Waals surface area contributed by atoms with Crippen LogP contribution in [0.5, 0.6) is 0 Å². The Bertz CT molecular complexity index is 782. The van der Waals surface area contributed by atoms with Crippen molar-refractivity contribution in [2.45, 2.75) is 18.0 Å². The minimum absolute atomic E-state index is 0.0273. The fourth-order valence-corrected chi connectivity index (χ4v) is 3.98. The van der Waals surface area contributed by atoms with Crippen molar-refractivity contribution in [3.05, 3.63) is 59.1 Å². The van der Waals surface area contributed by atoms with Crippen LogP contribution in [0.3, 0.4) is 0 Å². The van der Waals surface area contributed by atoms with Crippen molar-refractivity contribution in [2.75, 3.05) is 23.8 Å². The maximum absolute atomic E-state index is 12.7. The van der Waals surface area contributed by atoms with Crippen LogP contribution in [0.25, 0.3) is 0 Å². The number of urea groups is 1. The third-order valence-corrected chi connectivity index (χ3v) is 5.23. The molecule has 3 atom stereocenters. The molecule has 0 radical (unpaired) electrons. The number of para-hydroxylation sites is 2. The lowest BCUT2D eigenvalue weighted by atomic mass is 9.73. The monoisotopic (exact) mass is 343 g/mol. The number of aliphatic hydroxyl groups excluding tert-OH is 1. The van der Waals surface area contributed by atoms with E-state index in [1.54, 1.807) is 17.0 Å². The summed E-state index contributed by atoms with van der Waals surface area (Å²) in [5.41, 5.74) is 2.83. The number of aliphatic hydroxyl groups is 1. The van der Waals surface area contributed by atoms with Crippen LogP contribution in [0.2, 0.25) is 5.02 Å². The zero-order chi connectivity index (χ0) is 16.7. The number of halogens is 1. The van der Waals surface area contributed by atoms with E-state index in [1.165, 1.54) is 0 Å². The number of rotatable bonds is 2. The van der Waals surface area contributed by atoms with Gasteiger partial charge in [0.05, 0.1) is 29.4 Å². The maximum atomic E-state index is 12.7. The molecule has 24 heavy (non-hydrogen) atoms. The summed E-state index contributed by atoms with van der Waals surface area (Å²) in [6.07, 6.45) is 0. The lowest BCUT2D eigenvalue weighted by molar-refractivity contribution is 0.000873. The van der Waals surface area contributed by atoms with E-state index in [0.717, 1.165) is 11.3 Å². The lowest BCUT2D eigenvalue weighted by Crippen LogP contribution is -2.69. The van der Waals surface area contributed by atoms with Crippen molar-refractivity contribution < 1.29 is 9.90 Å². The summed E-state index contributed by atoms with van der Waals surface area (Å²) in [7, 11) is 0. The van der Waals surface area contributed by atoms with Gasteiger partial charge in [-0.05, 0) is 23.8 Å². The first-order chi connectivity index (χ1) is 11.7. The summed E-state index contributed by atoms with van der Waals surface area (Å²) in [6.45, 7) is 0.611. The Morgan fingerprint density at radius 2 is 2.00 bits per heavy atom. The van der Waals surface area contributed by atoms with Gasteiger partial charge < -0.3 is 20.6 Å². The Kier molecular flexibility index (Phi) is 3.82. The first kappa shape index (κ1) is 15.3. The number of benzene rings is 2. The van der Waals surface area contributed by atoms with Crippen molar-refractivity contribution in [3.8, 4) is 0 Å². The molecule has 2 aliphatic heterocycles. The summed E-state index contributed by atoms with van der Waals surface area (Å²) in [5.74, 6) is 0.157. The lowest BCUT2D eigenvalue weighted by Gasteiger charge is -2.57. The molecule has 4 rings (SSSR count). The van der Waals surface area contributed by atoms with Crippen LogP contribution in [0.4, 0.5) is 16.2 Å². The topological polar surface area (TPSA) is 64.6 Å². The van der Waals surface area contributed by atoms with E-state index in [9.17, 15) is 9.90 Å².